The van der Waals surface area contributed by atoms with Gasteiger partial charge < -0.3 is 14.5 Å². The van der Waals surface area contributed by atoms with Crippen molar-refractivity contribution in [2.75, 3.05) is 18.9 Å². The maximum Gasteiger partial charge on any atom is 0.338 e. The van der Waals surface area contributed by atoms with Crippen LogP contribution in [-0.4, -0.2) is 53.6 Å². The molecule has 230 valence electrons. The number of benzene rings is 3. The second-order valence-corrected chi connectivity index (χ2v) is 18.2. The second kappa shape index (κ2) is 14.0. The third-order valence-electron chi connectivity index (χ3n) is 8.23. The largest absolute Gasteiger partial charge is 0.462 e. The first kappa shape index (κ1) is 32.6. The number of ether oxygens (including phenoxy) is 1. The van der Waals surface area contributed by atoms with Crippen LogP contribution in [0.2, 0.25) is 5.04 Å². The van der Waals surface area contributed by atoms with Crippen molar-refractivity contribution in [3.63, 3.8) is 0 Å². The van der Waals surface area contributed by atoms with E-state index in [2.05, 4.69) is 50.4 Å². The second-order valence-electron chi connectivity index (χ2n) is 12.2. The van der Waals surface area contributed by atoms with Gasteiger partial charge >= 0.3 is 5.97 Å². The highest BCUT2D eigenvalue weighted by Gasteiger charge is 2.53. The summed E-state index contributed by atoms with van der Waals surface area (Å²) in [6, 6.07) is 29.3. The summed E-state index contributed by atoms with van der Waals surface area (Å²) in [7, 11) is -6.73. The van der Waals surface area contributed by atoms with Gasteiger partial charge in [-0.15, -0.1) is 0 Å². The molecule has 3 aromatic carbocycles. The van der Waals surface area contributed by atoms with E-state index >= 15 is 0 Å². The molecule has 43 heavy (non-hydrogen) atoms. The number of esters is 1. The van der Waals surface area contributed by atoms with Gasteiger partial charge in [0.25, 0.3) is 8.32 Å². The molecule has 10 heteroatoms. The average molecular weight is 623 g/mol. The summed E-state index contributed by atoms with van der Waals surface area (Å²) in [6.07, 6.45) is 1.22. The Labute approximate surface area is 256 Å². The maximum atomic E-state index is 13.3. The summed E-state index contributed by atoms with van der Waals surface area (Å²) in [4.78, 5) is 26.0. The zero-order valence-electron chi connectivity index (χ0n) is 25.1. The van der Waals surface area contributed by atoms with Crippen LogP contribution >= 0.6 is 0 Å². The lowest BCUT2D eigenvalue weighted by Gasteiger charge is -2.49. The zero-order chi connectivity index (χ0) is 31.1. The Morgan fingerprint density at radius 1 is 0.907 bits per heavy atom. The number of hydrogen-bond donors (Lipinski definition) is 2. The minimum Gasteiger partial charge on any atom is -0.462 e. The molecule has 1 amide bonds. The van der Waals surface area contributed by atoms with Crippen LogP contribution in [0.3, 0.4) is 0 Å². The van der Waals surface area contributed by atoms with E-state index < -0.39 is 24.4 Å². The SMILES string of the molecule is CC(C)(C)[Si](OC(CC(=O)NCCS(N)(=O)=O)[C@@H]1CC[C@H]1COC(=O)c1ccccc1)(c1ccccc1)c1ccccc1. The molecule has 0 radical (unpaired) electrons. The van der Waals surface area contributed by atoms with Crippen molar-refractivity contribution in [3.8, 4) is 0 Å². The predicted molar refractivity (Wildman–Crippen MR) is 171 cm³/mol. The van der Waals surface area contributed by atoms with Gasteiger partial charge in [-0.3, -0.25) is 4.79 Å². The Bertz CT molecular complexity index is 1420. The highest BCUT2D eigenvalue weighted by Crippen LogP contribution is 2.44. The van der Waals surface area contributed by atoms with Crippen molar-refractivity contribution in [3.05, 3.63) is 96.6 Å². The monoisotopic (exact) mass is 622 g/mol. The summed E-state index contributed by atoms with van der Waals surface area (Å²) in [6.45, 7) is 6.70. The van der Waals surface area contributed by atoms with Crippen molar-refractivity contribution in [1.29, 1.82) is 0 Å². The molecule has 4 rings (SSSR count). The predicted octanol–water partition coefficient (Wildman–Crippen LogP) is 3.61. The number of rotatable bonds is 13. The molecule has 0 heterocycles. The summed E-state index contributed by atoms with van der Waals surface area (Å²) >= 11 is 0. The fourth-order valence-corrected chi connectivity index (χ4v) is 11.0. The number of sulfonamides is 1. The first-order chi connectivity index (χ1) is 20.4. The van der Waals surface area contributed by atoms with Gasteiger partial charge in [0.1, 0.15) is 0 Å². The van der Waals surface area contributed by atoms with E-state index in [1.54, 1.807) is 24.3 Å². The smallest absolute Gasteiger partial charge is 0.338 e. The van der Waals surface area contributed by atoms with Crippen molar-refractivity contribution >= 4 is 40.6 Å². The molecule has 3 aromatic rings. The number of carbonyl (C=O) groups is 2. The normalized spacial score (nSPS) is 17.9. The lowest BCUT2D eigenvalue weighted by atomic mass is 9.70. The minimum atomic E-state index is -3.71. The lowest BCUT2D eigenvalue weighted by molar-refractivity contribution is -0.124. The number of primary sulfonamides is 1. The van der Waals surface area contributed by atoms with Gasteiger partial charge in [-0.1, -0.05) is 99.6 Å². The molecule has 0 bridgehead atoms. The summed E-state index contributed by atoms with van der Waals surface area (Å²) < 4.78 is 36.0. The molecule has 0 aliphatic heterocycles. The lowest BCUT2D eigenvalue weighted by Crippen LogP contribution is -2.68. The Morgan fingerprint density at radius 2 is 1.44 bits per heavy atom. The average Bonchev–Trinajstić information content (AvgIpc) is 2.95. The van der Waals surface area contributed by atoms with Crippen LogP contribution in [0.5, 0.6) is 0 Å². The summed E-state index contributed by atoms with van der Waals surface area (Å²) in [5.74, 6) is -1.04. The van der Waals surface area contributed by atoms with Gasteiger partial charge in [0.15, 0.2) is 0 Å². The van der Waals surface area contributed by atoms with E-state index in [1.165, 1.54) is 0 Å². The standard InChI is InChI=1S/C33H42N2O6SSi/c1-33(2,3)43(27-15-9-5-10-16-27,28-17-11-6-12-18-28)41-30(23-31(36)35-21-22-42(34,38)39)29-20-19-26(29)24-40-32(37)25-13-7-4-8-14-25/h4-18,26,29-30H,19-24H2,1-3H3,(H,35,36)(H2,34,38,39)/t26-,29+,30?/m0/s1. The number of amides is 1. The number of carbonyl (C=O) groups excluding carboxylic acids is 2. The molecule has 0 saturated heterocycles. The third kappa shape index (κ3) is 8.20. The molecule has 3 N–H and O–H groups in total. The quantitative estimate of drug-likeness (QED) is 0.222. The number of nitrogens with one attached hydrogen (secondary N) is 1. The summed E-state index contributed by atoms with van der Waals surface area (Å²) in [5.41, 5.74) is 0.493. The molecule has 3 atom stereocenters. The fraction of sp³-hybridized carbons (Fsp3) is 0.394. The van der Waals surface area contributed by atoms with Crippen molar-refractivity contribution in [1.82, 2.24) is 5.32 Å². The molecule has 0 aromatic heterocycles. The molecule has 8 nitrogen and oxygen atoms in total. The van der Waals surface area contributed by atoms with E-state index in [4.69, 9.17) is 14.3 Å². The van der Waals surface area contributed by atoms with Gasteiger partial charge in [-0.25, -0.2) is 18.4 Å². The molecular formula is C33H42N2O6SSi. The van der Waals surface area contributed by atoms with Gasteiger partial charge in [0.2, 0.25) is 15.9 Å². The van der Waals surface area contributed by atoms with E-state index in [9.17, 15) is 18.0 Å². The van der Waals surface area contributed by atoms with Crippen LogP contribution in [0.4, 0.5) is 0 Å². The van der Waals surface area contributed by atoms with E-state index in [1.807, 2.05) is 42.5 Å². The Morgan fingerprint density at radius 3 is 1.91 bits per heavy atom. The minimum absolute atomic E-state index is 0.0214. The van der Waals surface area contributed by atoms with Crippen LogP contribution in [0.25, 0.3) is 0 Å². The summed E-state index contributed by atoms with van der Waals surface area (Å²) in [5, 5.41) is 9.74. The number of nitrogens with two attached hydrogens (primary N) is 1. The molecular weight excluding hydrogens is 581 g/mol. The van der Waals surface area contributed by atoms with Gasteiger partial charge in [0.05, 0.1) is 30.4 Å². The van der Waals surface area contributed by atoms with Crippen LogP contribution < -0.4 is 20.8 Å². The van der Waals surface area contributed by atoms with Crippen LogP contribution in [0.1, 0.15) is 50.4 Å². The molecule has 1 saturated carbocycles. The number of hydrogen-bond acceptors (Lipinski definition) is 6. The van der Waals surface area contributed by atoms with Gasteiger partial charge in [-0.2, -0.15) is 0 Å². The van der Waals surface area contributed by atoms with Gasteiger partial charge in [-0.05, 0) is 52.2 Å². The van der Waals surface area contributed by atoms with E-state index in [0.29, 0.717) is 5.56 Å². The topological polar surface area (TPSA) is 125 Å². The Hall–Kier alpha value is -3.31. The highest BCUT2D eigenvalue weighted by atomic mass is 32.2. The Balaban J connectivity index is 1.66. The highest BCUT2D eigenvalue weighted by molar-refractivity contribution is 7.89. The molecule has 1 aliphatic rings. The molecule has 1 fully saturated rings. The van der Waals surface area contributed by atoms with Crippen molar-refractivity contribution < 1.29 is 27.2 Å². The first-order valence-corrected chi connectivity index (χ1v) is 18.3. The van der Waals surface area contributed by atoms with Crippen LogP contribution in [0, 0.1) is 11.8 Å². The van der Waals surface area contributed by atoms with Crippen molar-refractivity contribution in [2.24, 2.45) is 17.0 Å². The molecule has 1 unspecified atom stereocenters. The fourth-order valence-electron chi connectivity index (χ4n) is 5.92. The molecule has 1 aliphatic carbocycles. The van der Waals surface area contributed by atoms with Crippen molar-refractivity contribution in [2.45, 2.75) is 51.2 Å². The molecule has 0 spiro atoms. The third-order valence-corrected chi connectivity index (χ3v) is 14.1. The van der Waals surface area contributed by atoms with E-state index in [-0.39, 0.29) is 54.1 Å². The first-order valence-electron chi connectivity index (χ1n) is 14.7. The Kier molecular flexibility index (Phi) is 10.6. The van der Waals surface area contributed by atoms with Crippen LogP contribution in [-0.2, 0) is 24.0 Å². The van der Waals surface area contributed by atoms with E-state index in [0.717, 1.165) is 23.2 Å². The van der Waals surface area contributed by atoms with Crippen LogP contribution in [0.15, 0.2) is 91.0 Å². The zero-order valence-corrected chi connectivity index (χ0v) is 26.9. The van der Waals surface area contributed by atoms with Gasteiger partial charge in [0, 0.05) is 6.54 Å². The maximum absolute atomic E-state index is 13.3.